The smallest absolute Gasteiger partial charge is 0.266 e. The van der Waals surface area contributed by atoms with Gasteiger partial charge in [0.2, 0.25) is 0 Å². The molecule has 2 aromatic rings. The fourth-order valence-corrected chi connectivity index (χ4v) is 2.09. The van der Waals surface area contributed by atoms with Crippen LogP contribution in [0.3, 0.4) is 0 Å². The second-order valence-corrected chi connectivity index (χ2v) is 4.26. The summed E-state index contributed by atoms with van der Waals surface area (Å²) in [4.78, 5) is 12.4. The molecule has 0 N–H and O–H groups in total. The van der Waals surface area contributed by atoms with Crippen molar-refractivity contribution in [3.05, 3.63) is 47.0 Å². The zero-order valence-corrected chi connectivity index (χ0v) is 10.1. The van der Waals surface area contributed by atoms with Gasteiger partial charge in [-0.25, -0.2) is 8.79 Å². The molecular formula is C11H6ClN3OS. The molecule has 0 unspecified atom stereocenters. The summed E-state index contributed by atoms with van der Waals surface area (Å²) in [6.45, 7) is 0. The van der Waals surface area contributed by atoms with Gasteiger partial charge in [-0.3, -0.25) is 4.79 Å². The van der Waals surface area contributed by atoms with E-state index in [0.717, 1.165) is 16.0 Å². The summed E-state index contributed by atoms with van der Waals surface area (Å²) in [6.07, 6.45) is 1.53. The Morgan fingerprint density at radius 1 is 1.41 bits per heavy atom. The lowest BCUT2D eigenvalue weighted by Gasteiger charge is -2.13. The van der Waals surface area contributed by atoms with E-state index in [1.165, 1.54) is 6.20 Å². The van der Waals surface area contributed by atoms with Crippen molar-refractivity contribution in [1.82, 2.24) is 4.37 Å². The van der Waals surface area contributed by atoms with Gasteiger partial charge in [0.05, 0.1) is 11.3 Å². The number of hydrogen-bond acceptors (Lipinski definition) is 4. The molecule has 1 heterocycles. The van der Waals surface area contributed by atoms with E-state index in [-0.39, 0.29) is 0 Å². The van der Waals surface area contributed by atoms with Crippen LogP contribution in [0.4, 0.5) is 5.69 Å². The molecule has 0 spiro atoms. The number of nitrogens with zero attached hydrogens (tertiary/aromatic N) is 3. The highest BCUT2D eigenvalue weighted by Gasteiger charge is 2.19. The summed E-state index contributed by atoms with van der Waals surface area (Å²) in [5.74, 6) is -0.392. The maximum atomic E-state index is 11.9. The quantitative estimate of drug-likeness (QED) is 0.783. The third-order valence-corrected chi connectivity index (χ3v) is 3.13. The highest BCUT2D eigenvalue weighted by molar-refractivity contribution is 7.08. The van der Waals surface area contributed by atoms with Crippen molar-refractivity contribution in [1.29, 1.82) is 5.26 Å². The highest BCUT2D eigenvalue weighted by Crippen LogP contribution is 2.24. The van der Waals surface area contributed by atoms with Gasteiger partial charge in [-0.2, -0.15) is 5.26 Å². The molecule has 1 amide bonds. The van der Waals surface area contributed by atoms with Gasteiger partial charge in [0.1, 0.15) is 10.9 Å². The minimum atomic E-state index is -0.392. The number of amides is 1. The van der Waals surface area contributed by atoms with Crippen molar-refractivity contribution in [3.8, 4) is 6.07 Å². The zero-order chi connectivity index (χ0) is 12.3. The average Bonchev–Trinajstić information content (AvgIpc) is 2.90. The van der Waals surface area contributed by atoms with Crippen LogP contribution >= 0.6 is 23.3 Å². The van der Waals surface area contributed by atoms with Crippen molar-refractivity contribution in [2.75, 3.05) is 4.42 Å². The number of carbonyl (C=O) groups is 1. The number of halogens is 1. The Bertz CT molecular complexity index is 577. The van der Waals surface area contributed by atoms with E-state index >= 15 is 0 Å². The minimum absolute atomic E-state index is 0.348. The molecule has 4 nitrogen and oxygen atoms in total. The third kappa shape index (κ3) is 2.28. The van der Waals surface area contributed by atoms with Crippen LogP contribution in [0.25, 0.3) is 0 Å². The molecule has 2 rings (SSSR count). The van der Waals surface area contributed by atoms with Crippen LogP contribution in [0.1, 0.15) is 15.2 Å². The van der Waals surface area contributed by atoms with Crippen LogP contribution in [0.5, 0.6) is 0 Å². The van der Waals surface area contributed by atoms with Gasteiger partial charge in [0.15, 0.2) is 0 Å². The molecule has 0 radical (unpaired) electrons. The summed E-state index contributed by atoms with van der Waals surface area (Å²) in [5, 5.41) is 8.92. The summed E-state index contributed by atoms with van der Waals surface area (Å²) < 4.78 is 4.77. The number of nitriles is 1. The van der Waals surface area contributed by atoms with Gasteiger partial charge < -0.3 is 0 Å². The Labute approximate surface area is 107 Å². The summed E-state index contributed by atoms with van der Waals surface area (Å²) in [6, 6.07) is 10.2. The van der Waals surface area contributed by atoms with Gasteiger partial charge in [0.25, 0.3) is 5.91 Å². The Morgan fingerprint density at radius 2 is 2.18 bits per heavy atom. The molecule has 84 valence electrons. The number of rotatable bonds is 2. The second kappa shape index (κ2) is 4.95. The topological polar surface area (TPSA) is 57.0 Å². The Hall–Kier alpha value is -1.90. The van der Waals surface area contributed by atoms with Crippen LogP contribution in [0.2, 0.25) is 0 Å². The van der Waals surface area contributed by atoms with E-state index in [2.05, 4.69) is 4.37 Å². The monoisotopic (exact) mass is 263 g/mol. The van der Waals surface area contributed by atoms with Crippen molar-refractivity contribution in [2.45, 2.75) is 0 Å². The molecular weight excluding hydrogens is 258 g/mol. The van der Waals surface area contributed by atoms with Crippen molar-refractivity contribution in [2.24, 2.45) is 0 Å². The molecule has 0 saturated heterocycles. The van der Waals surface area contributed by atoms with Crippen molar-refractivity contribution in [3.63, 3.8) is 0 Å². The number of carbonyl (C=O) groups excluding carboxylic acids is 1. The summed E-state index contributed by atoms with van der Waals surface area (Å²) in [7, 11) is 0. The molecule has 0 aliphatic carbocycles. The zero-order valence-electron chi connectivity index (χ0n) is 8.50. The first-order valence-corrected chi connectivity index (χ1v) is 5.75. The van der Waals surface area contributed by atoms with E-state index < -0.39 is 5.91 Å². The normalized spacial score (nSPS) is 9.65. The maximum Gasteiger partial charge on any atom is 0.284 e. The molecule has 17 heavy (non-hydrogen) atoms. The molecule has 0 fully saturated rings. The van der Waals surface area contributed by atoms with Gasteiger partial charge in [0, 0.05) is 18.0 Å². The van der Waals surface area contributed by atoms with E-state index in [9.17, 15) is 4.79 Å². The number of hydrogen-bond donors (Lipinski definition) is 0. The minimum Gasteiger partial charge on any atom is -0.266 e. The number of para-hydroxylation sites is 1. The van der Waals surface area contributed by atoms with Gasteiger partial charge in [-0.15, -0.1) is 0 Å². The summed E-state index contributed by atoms with van der Waals surface area (Å²) >= 11 is 7.00. The number of aromatic nitrogens is 1. The summed E-state index contributed by atoms with van der Waals surface area (Å²) in [5.41, 5.74) is 0.718. The fraction of sp³-hybridized carbons (Fsp3) is 0. The molecule has 1 aromatic carbocycles. The molecule has 0 bridgehead atoms. The molecule has 0 atom stereocenters. The predicted octanol–water partition coefficient (Wildman–Crippen LogP) is 2.82. The van der Waals surface area contributed by atoms with Crippen LogP contribution in [0.15, 0.2) is 36.5 Å². The van der Waals surface area contributed by atoms with E-state index in [4.69, 9.17) is 17.0 Å². The largest absolute Gasteiger partial charge is 0.284 e. The standard InChI is InChI=1S/C11H6ClN3OS/c12-15(11(16)10-5-6-14-17-10)9-4-2-1-3-8(9)7-13/h1-6H. The lowest BCUT2D eigenvalue weighted by Crippen LogP contribution is -2.20. The molecule has 6 heteroatoms. The van der Waals surface area contributed by atoms with Gasteiger partial charge in [-0.05, 0) is 29.7 Å². The van der Waals surface area contributed by atoms with E-state index in [1.807, 2.05) is 6.07 Å². The van der Waals surface area contributed by atoms with Crippen molar-refractivity contribution >= 4 is 34.9 Å². The lowest BCUT2D eigenvalue weighted by atomic mass is 10.2. The second-order valence-electron chi connectivity index (χ2n) is 3.09. The molecule has 0 aliphatic heterocycles. The van der Waals surface area contributed by atoms with Crippen LogP contribution in [-0.2, 0) is 0 Å². The SMILES string of the molecule is N#Cc1ccccc1N(Cl)C(=O)c1ccns1. The molecule has 0 saturated carbocycles. The van der Waals surface area contributed by atoms with Crippen molar-refractivity contribution < 1.29 is 4.79 Å². The van der Waals surface area contributed by atoms with Crippen LogP contribution in [0, 0.1) is 11.3 Å². The number of benzene rings is 1. The molecule has 1 aromatic heterocycles. The highest BCUT2D eigenvalue weighted by atomic mass is 35.5. The first kappa shape index (κ1) is 11.6. The first-order valence-electron chi connectivity index (χ1n) is 4.64. The number of anilines is 1. The fourth-order valence-electron chi connectivity index (χ4n) is 1.27. The van der Waals surface area contributed by atoms with Crippen LogP contribution in [-0.4, -0.2) is 10.3 Å². The third-order valence-electron chi connectivity index (χ3n) is 2.06. The maximum absolute atomic E-state index is 11.9. The molecule has 0 aliphatic rings. The lowest BCUT2D eigenvalue weighted by molar-refractivity contribution is 0.101. The average molecular weight is 264 g/mol. The van der Waals surface area contributed by atoms with E-state index in [0.29, 0.717) is 16.1 Å². The Kier molecular flexibility index (Phi) is 3.38. The van der Waals surface area contributed by atoms with Gasteiger partial charge >= 0.3 is 0 Å². The first-order chi connectivity index (χ1) is 8.24. The van der Waals surface area contributed by atoms with Crippen LogP contribution < -0.4 is 4.42 Å². The Morgan fingerprint density at radius 3 is 2.82 bits per heavy atom. The van der Waals surface area contributed by atoms with E-state index in [1.54, 1.807) is 30.3 Å². The predicted molar refractivity (Wildman–Crippen MR) is 65.9 cm³/mol. The van der Waals surface area contributed by atoms with Gasteiger partial charge in [-0.1, -0.05) is 12.1 Å². The Balaban J connectivity index is 2.35.